The Kier molecular flexibility index (Phi) is 5.47. The molecule has 0 N–H and O–H groups in total. The van der Waals surface area contributed by atoms with E-state index in [-0.39, 0.29) is 5.78 Å². The van der Waals surface area contributed by atoms with Crippen molar-refractivity contribution in [2.24, 2.45) is 5.92 Å². The fraction of sp³-hybridized carbons (Fsp3) is 0.900. The van der Waals surface area contributed by atoms with Crippen LogP contribution >= 0.6 is 11.8 Å². The minimum Gasteiger partial charge on any atom is -0.374 e. The van der Waals surface area contributed by atoms with Crippen molar-refractivity contribution in [1.82, 2.24) is 0 Å². The number of hydrogen-bond acceptors (Lipinski definition) is 3. The summed E-state index contributed by atoms with van der Waals surface area (Å²) in [5, 5.41) is 0. The average Bonchev–Trinajstić information content (AvgIpc) is 2.16. The second-order valence-electron chi connectivity index (χ2n) is 3.44. The van der Waals surface area contributed by atoms with E-state index in [4.69, 9.17) is 4.74 Å². The quantitative estimate of drug-likeness (QED) is 0.683. The second-order valence-corrected chi connectivity index (χ2v) is 4.66. The number of carbonyl (C=O) groups excluding carboxylic acids is 1. The number of ether oxygens (including phenoxy) is 1. The fourth-order valence-corrected chi connectivity index (χ4v) is 2.75. The highest BCUT2D eigenvalue weighted by molar-refractivity contribution is 7.99. The molecule has 0 aliphatic carbocycles. The van der Waals surface area contributed by atoms with E-state index < -0.39 is 0 Å². The zero-order valence-electron chi connectivity index (χ0n) is 8.25. The Hall–Kier alpha value is -0.0200. The lowest BCUT2D eigenvalue weighted by molar-refractivity contribution is -0.124. The molecule has 0 atom stereocenters. The first-order chi connectivity index (χ1) is 6.33. The summed E-state index contributed by atoms with van der Waals surface area (Å²) in [6, 6.07) is 0. The van der Waals surface area contributed by atoms with Crippen molar-refractivity contribution >= 4 is 17.5 Å². The van der Waals surface area contributed by atoms with Crippen LogP contribution in [0.25, 0.3) is 0 Å². The number of rotatable bonds is 5. The van der Waals surface area contributed by atoms with Gasteiger partial charge in [0.15, 0.2) is 5.78 Å². The van der Waals surface area contributed by atoms with Gasteiger partial charge in [0.2, 0.25) is 0 Å². The smallest absolute Gasteiger partial charge is 0.158 e. The first-order valence-corrected chi connectivity index (χ1v) is 6.15. The number of Topliss-reactive ketones (excluding diaryl/α,β-unsaturated/α-hetero) is 1. The normalized spacial score (nSPS) is 18.8. The van der Waals surface area contributed by atoms with Gasteiger partial charge in [0, 0.05) is 13.0 Å². The van der Waals surface area contributed by atoms with Crippen molar-refractivity contribution in [3.05, 3.63) is 0 Å². The average molecular weight is 202 g/mol. The van der Waals surface area contributed by atoms with Gasteiger partial charge >= 0.3 is 0 Å². The highest BCUT2D eigenvalue weighted by atomic mass is 32.2. The van der Waals surface area contributed by atoms with Crippen molar-refractivity contribution < 1.29 is 9.53 Å². The topological polar surface area (TPSA) is 26.3 Å². The number of ketones is 1. The molecule has 76 valence electrons. The summed E-state index contributed by atoms with van der Waals surface area (Å²) in [5.41, 5.74) is 0. The van der Waals surface area contributed by atoms with Gasteiger partial charge in [0.1, 0.15) is 6.61 Å². The lowest BCUT2D eigenvalue weighted by Gasteiger charge is -2.20. The molecule has 0 bridgehead atoms. The maximum Gasteiger partial charge on any atom is 0.158 e. The molecule has 1 heterocycles. The van der Waals surface area contributed by atoms with Crippen LogP contribution in [0.5, 0.6) is 0 Å². The molecule has 0 radical (unpaired) electrons. The Labute approximate surface area is 84.4 Å². The monoisotopic (exact) mass is 202 g/mol. The van der Waals surface area contributed by atoms with Gasteiger partial charge in [-0.3, -0.25) is 4.79 Å². The lowest BCUT2D eigenvalue weighted by Crippen LogP contribution is -2.17. The molecular formula is C10H18O2S. The minimum absolute atomic E-state index is 0.277. The van der Waals surface area contributed by atoms with E-state index >= 15 is 0 Å². The molecule has 0 aromatic carbocycles. The third-order valence-electron chi connectivity index (χ3n) is 2.32. The standard InChI is InChI=1S/C10H18O2S/c1-2-12-8-10(11)7-9-3-5-13-6-4-9/h9H,2-8H2,1H3. The number of carbonyl (C=O) groups is 1. The van der Waals surface area contributed by atoms with Crippen molar-refractivity contribution in [3.63, 3.8) is 0 Å². The van der Waals surface area contributed by atoms with E-state index in [0.717, 1.165) is 6.42 Å². The molecule has 0 spiro atoms. The van der Waals surface area contributed by atoms with Gasteiger partial charge < -0.3 is 4.74 Å². The highest BCUT2D eigenvalue weighted by Gasteiger charge is 2.16. The van der Waals surface area contributed by atoms with E-state index in [1.54, 1.807) is 0 Å². The van der Waals surface area contributed by atoms with E-state index in [0.29, 0.717) is 19.1 Å². The van der Waals surface area contributed by atoms with Gasteiger partial charge in [-0.05, 0) is 37.2 Å². The minimum atomic E-state index is 0.277. The molecule has 1 rings (SSSR count). The molecular weight excluding hydrogens is 184 g/mol. The maximum atomic E-state index is 11.3. The van der Waals surface area contributed by atoms with E-state index in [1.807, 2.05) is 18.7 Å². The molecule has 0 aromatic rings. The molecule has 1 aliphatic rings. The summed E-state index contributed by atoms with van der Waals surface area (Å²) >= 11 is 2.00. The van der Waals surface area contributed by atoms with Crippen LogP contribution in [-0.4, -0.2) is 30.5 Å². The van der Waals surface area contributed by atoms with E-state index in [9.17, 15) is 4.79 Å². The summed E-state index contributed by atoms with van der Waals surface area (Å²) in [5.74, 6) is 3.37. The van der Waals surface area contributed by atoms with Crippen LogP contribution in [0, 0.1) is 5.92 Å². The highest BCUT2D eigenvalue weighted by Crippen LogP contribution is 2.25. The van der Waals surface area contributed by atoms with Crippen LogP contribution in [0.3, 0.4) is 0 Å². The van der Waals surface area contributed by atoms with Gasteiger partial charge in [0.05, 0.1) is 0 Å². The van der Waals surface area contributed by atoms with Crippen molar-refractivity contribution in [2.75, 3.05) is 24.7 Å². The van der Waals surface area contributed by atoms with Crippen molar-refractivity contribution in [1.29, 1.82) is 0 Å². The summed E-state index contributed by atoms with van der Waals surface area (Å²) in [6.45, 7) is 2.89. The molecule has 0 unspecified atom stereocenters. The molecule has 1 aliphatic heterocycles. The summed E-state index contributed by atoms with van der Waals surface area (Å²) < 4.78 is 5.08. The Balaban J connectivity index is 2.11. The third-order valence-corrected chi connectivity index (χ3v) is 3.37. The van der Waals surface area contributed by atoms with Crippen LogP contribution in [0.4, 0.5) is 0 Å². The Morgan fingerprint density at radius 3 is 2.77 bits per heavy atom. The zero-order chi connectivity index (χ0) is 9.52. The largest absolute Gasteiger partial charge is 0.374 e. The molecule has 2 nitrogen and oxygen atoms in total. The summed E-state index contributed by atoms with van der Waals surface area (Å²) in [4.78, 5) is 11.3. The van der Waals surface area contributed by atoms with E-state index in [1.165, 1.54) is 24.3 Å². The predicted molar refractivity (Wildman–Crippen MR) is 56.2 cm³/mol. The van der Waals surface area contributed by atoms with Gasteiger partial charge in [-0.15, -0.1) is 0 Å². The van der Waals surface area contributed by atoms with Gasteiger partial charge in [-0.2, -0.15) is 11.8 Å². The fourth-order valence-electron chi connectivity index (χ4n) is 1.55. The van der Waals surface area contributed by atoms with E-state index in [2.05, 4.69) is 0 Å². The second kappa shape index (κ2) is 6.44. The third kappa shape index (κ3) is 4.67. The van der Waals surface area contributed by atoms with Gasteiger partial charge in [0.25, 0.3) is 0 Å². The van der Waals surface area contributed by atoms with Crippen LogP contribution in [0.2, 0.25) is 0 Å². The van der Waals surface area contributed by atoms with Crippen LogP contribution in [0.1, 0.15) is 26.2 Å². The maximum absolute atomic E-state index is 11.3. The molecule has 0 aromatic heterocycles. The Morgan fingerprint density at radius 1 is 1.46 bits per heavy atom. The molecule has 1 fully saturated rings. The number of thioether (sulfide) groups is 1. The predicted octanol–water partition coefficient (Wildman–Crippen LogP) is 2.13. The SMILES string of the molecule is CCOCC(=O)CC1CCSCC1. The molecule has 1 saturated heterocycles. The summed E-state index contributed by atoms with van der Waals surface area (Å²) in [6.07, 6.45) is 3.16. The van der Waals surface area contributed by atoms with Crippen LogP contribution < -0.4 is 0 Å². The Morgan fingerprint density at radius 2 is 2.15 bits per heavy atom. The first kappa shape index (κ1) is 11.1. The molecule has 0 amide bonds. The summed E-state index contributed by atoms with van der Waals surface area (Å²) in [7, 11) is 0. The van der Waals surface area contributed by atoms with Gasteiger partial charge in [-0.25, -0.2) is 0 Å². The zero-order valence-corrected chi connectivity index (χ0v) is 9.07. The van der Waals surface area contributed by atoms with Crippen LogP contribution in [-0.2, 0) is 9.53 Å². The molecule has 13 heavy (non-hydrogen) atoms. The van der Waals surface area contributed by atoms with Crippen molar-refractivity contribution in [2.45, 2.75) is 26.2 Å². The molecule has 3 heteroatoms. The van der Waals surface area contributed by atoms with Crippen molar-refractivity contribution in [3.8, 4) is 0 Å². The number of hydrogen-bond donors (Lipinski definition) is 0. The Bertz CT molecular complexity index is 153. The lowest BCUT2D eigenvalue weighted by atomic mass is 9.97. The van der Waals surface area contributed by atoms with Crippen LogP contribution in [0.15, 0.2) is 0 Å². The first-order valence-electron chi connectivity index (χ1n) is 5.00. The molecule has 0 saturated carbocycles. The van der Waals surface area contributed by atoms with Gasteiger partial charge in [-0.1, -0.05) is 0 Å².